The second-order valence-electron chi connectivity index (χ2n) is 8.27. The fraction of sp³-hybridized carbons (Fsp3) is 0. The molecule has 5 aromatic carbocycles. The molecule has 0 saturated heterocycles. The molecule has 5 aromatic rings. The summed E-state index contributed by atoms with van der Waals surface area (Å²) in [5.74, 6) is 0. The van der Waals surface area contributed by atoms with E-state index in [9.17, 15) is 0 Å². The zero-order valence-corrected chi connectivity index (χ0v) is 19.9. The van der Waals surface area contributed by atoms with Gasteiger partial charge in [-0.2, -0.15) is 0 Å². The molecule has 0 aromatic heterocycles. The van der Waals surface area contributed by atoms with Crippen LogP contribution in [0.4, 0.5) is 34.1 Å². The van der Waals surface area contributed by atoms with Crippen LogP contribution in [-0.2, 0) is 0 Å². The van der Waals surface area contributed by atoms with Gasteiger partial charge in [0.05, 0.1) is 22.7 Å². The Morgan fingerprint density at radius 3 is 1.38 bits per heavy atom. The Labute approximate surface area is 207 Å². The van der Waals surface area contributed by atoms with Crippen molar-refractivity contribution in [1.82, 2.24) is 0 Å². The van der Waals surface area contributed by atoms with Gasteiger partial charge in [-0.05, 0) is 66.7 Å². The summed E-state index contributed by atoms with van der Waals surface area (Å²) in [6, 6.07) is 43.5. The van der Waals surface area contributed by atoms with Gasteiger partial charge in [0.25, 0.3) is 0 Å². The van der Waals surface area contributed by atoms with Gasteiger partial charge in [-0.1, -0.05) is 78.1 Å². The average Bonchev–Trinajstić information content (AvgIpc) is 2.90. The van der Waals surface area contributed by atoms with E-state index in [1.807, 2.05) is 23.5 Å². The molecule has 0 saturated carbocycles. The van der Waals surface area contributed by atoms with Crippen molar-refractivity contribution in [3.05, 3.63) is 121 Å². The van der Waals surface area contributed by atoms with Crippen molar-refractivity contribution in [2.75, 3.05) is 9.80 Å². The lowest BCUT2D eigenvalue weighted by molar-refractivity contribution is 1.13. The Kier molecular flexibility index (Phi) is 4.67. The molecular weight excluding hydrogens is 452 g/mol. The molecule has 0 unspecified atom stereocenters. The van der Waals surface area contributed by atoms with Gasteiger partial charge in [-0.25, -0.2) is 0 Å². The Hall–Kier alpha value is -3.60. The third-order valence-corrected chi connectivity index (χ3v) is 8.46. The molecule has 162 valence electrons. The molecule has 0 spiro atoms. The summed E-state index contributed by atoms with van der Waals surface area (Å²) < 4.78 is 0. The predicted molar refractivity (Wildman–Crippen MR) is 144 cm³/mol. The van der Waals surface area contributed by atoms with E-state index in [1.54, 1.807) is 0 Å². The van der Waals surface area contributed by atoms with Crippen LogP contribution in [0.1, 0.15) is 0 Å². The maximum Gasteiger partial charge on any atom is 0.0603 e. The molecule has 0 fully saturated rings. The molecule has 7 rings (SSSR count). The van der Waals surface area contributed by atoms with Gasteiger partial charge in [0.15, 0.2) is 0 Å². The zero-order chi connectivity index (χ0) is 22.5. The molecule has 0 aliphatic carbocycles. The number of hydrogen-bond acceptors (Lipinski definition) is 4. The van der Waals surface area contributed by atoms with Crippen LogP contribution < -0.4 is 9.80 Å². The predicted octanol–water partition coefficient (Wildman–Crippen LogP) is 9.56. The molecule has 0 bridgehead atoms. The third-order valence-electron chi connectivity index (χ3n) is 6.22. The zero-order valence-electron chi connectivity index (χ0n) is 18.3. The van der Waals surface area contributed by atoms with Gasteiger partial charge >= 0.3 is 0 Å². The minimum absolute atomic E-state index is 1.18. The third kappa shape index (κ3) is 3.14. The van der Waals surface area contributed by atoms with Gasteiger partial charge in [-0.3, -0.25) is 0 Å². The van der Waals surface area contributed by atoms with Crippen LogP contribution in [0.3, 0.4) is 0 Å². The lowest BCUT2D eigenvalue weighted by Crippen LogP contribution is -2.17. The Morgan fingerprint density at radius 1 is 0.353 bits per heavy atom. The number of anilines is 6. The van der Waals surface area contributed by atoms with Crippen LogP contribution >= 0.6 is 23.5 Å². The first-order valence-electron chi connectivity index (χ1n) is 11.3. The minimum atomic E-state index is 1.18. The summed E-state index contributed by atoms with van der Waals surface area (Å²) in [5.41, 5.74) is 7.25. The number of para-hydroxylation sites is 4. The molecule has 0 amide bonds. The number of fused-ring (bicyclic) bond motifs is 4. The van der Waals surface area contributed by atoms with E-state index in [1.165, 1.54) is 53.7 Å². The molecule has 34 heavy (non-hydrogen) atoms. The number of benzene rings is 5. The van der Waals surface area contributed by atoms with E-state index >= 15 is 0 Å². The van der Waals surface area contributed by atoms with Crippen molar-refractivity contribution < 1.29 is 0 Å². The molecule has 0 N–H and O–H groups in total. The molecule has 2 nitrogen and oxygen atoms in total. The van der Waals surface area contributed by atoms with Crippen molar-refractivity contribution in [2.24, 2.45) is 0 Å². The van der Waals surface area contributed by atoms with Crippen molar-refractivity contribution in [1.29, 1.82) is 0 Å². The Bertz CT molecular complexity index is 1480. The van der Waals surface area contributed by atoms with Crippen LogP contribution in [-0.4, -0.2) is 0 Å². The van der Waals surface area contributed by atoms with Gasteiger partial charge in [0.1, 0.15) is 0 Å². The Balaban J connectivity index is 1.41. The van der Waals surface area contributed by atoms with E-state index < -0.39 is 0 Å². The summed E-state index contributed by atoms with van der Waals surface area (Å²) in [4.78, 5) is 9.86. The second-order valence-corrected chi connectivity index (χ2v) is 10.4. The standard InChI is InChI=1S/C30H20N2S2/c1-2-10-21(11-3-1)31-23-12-4-9-17-29(23)34-30-20-22(18-19-26(30)31)32-24-13-5-7-15-27(24)33-28-16-8-6-14-25(28)32/h1-20H. The number of rotatable bonds is 2. The normalized spacial score (nSPS) is 13.5. The highest BCUT2D eigenvalue weighted by atomic mass is 32.2. The molecule has 4 heteroatoms. The van der Waals surface area contributed by atoms with Crippen LogP contribution in [0.2, 0.25) is 0 Å². The molecular formula is C30H20N2S2. The summed E-state index contributed by atoms with van der Waals surface area (Å²) in [5, 5.41) is 0. The molecule has 0 radical (unpaired) electrons. The summed E-state index contributed by atoms with van der Waals surface area (Å²) in [7, 11) is 0. The van der Waals surface area contributed by atoms with E-state index in [-0.39, 0.29) is 0 Å². The smallest absolute Gasteiger partial charge is 0.0603 e. The fourth-order valence-corrected chi connectivity index (χ4v) is 6.87. The monoisotopic (exact) mass is 472 g/mol. The summed E-state index contributed by atoms with van der Waals surface area (Å²) in [6.45, 7) is 0. The first kappa shape index (κ1) is 19.8. The maximum atomic E-state index is 2.40. The van der Waals surface area contributed by atoms with Gasteiger partial charge < -0.3 is 9.80 Å². The lowest BCUT2D eigenvalue weighted by atomic mass is 10.1. The van der Waals surface area contributed by atoms with E-state index in [0.29, 0.717) is 0 Å². The van der Waals surface area contributed by atoms with Crippen LogP contribution in [0, 0.1) is 0 Å². The summed E-state index contributed by atoms with van der Waals surface area (Å²) in [6.07, 6.45) is 0. The number of hydrogen-bond donors (Lipinski definition) is 0. The highest BCUT2D eigenvalue weighted by Gasteiger charge is 2.28. The van der Waals surface area contributed by atoms with Crippen LogP contribution in [0.5, 0.6) is 0 Å². The Morgan fingerprint density at radius 2 is 0.794 bits per heavy atom. The minimum Gasteiger partial charge on any atom is -0.308 e. The van der Waals surface area contributed by atoms with Gasteiger partial charge in [-0.15, -0.1) is 0 Å². The van der Waals surface area contributed by atoms with Crippen molar-refractivity contribution >= 4 is 57.6 Å². The van der Waals surface area contributed by atoms with Gasteiger partial charge in [0, 0.05) is 31.0 Å². The molecule has 0 atom stereocenters. The van der Waals surface area contributed by atoms with Crippen molar-refractivity contribution in [3.8, 4) is 0 Å². The van der Waals surface area contributed by atoms with Crippen LogP contribution in [0.25, 0.3) is 0 Å². The fourth-order valence-electron chi connectivity index (χ4n) is 4.72. The maximum absolute atomic E-state index is 2.40. The second kappa shape index (κ2) is 8.01. The highest BCUT2D eigenvalue weighted by Crippen LogP contribution is 2.55. The van der Waals surface area contributed by atoms with Gasteiger partial charge in [0.2, 0.25) is 0 Å². The SMILES string of the molecule is c1ccc(N2c3ccccc3Sc3cc(N4c5ccccc5Sc5ccccc54)ccc32)cc1. The van der Waals surface area contributed by atoms with Crippen molar-refractivity contribution in [3.63, 3.8) is 0 Å². The molecule has 2 aliphatic rings. The van der Waals surface area contributed by atoms with E-state index in [0.717, 1.165) is 0 Å². The van der Waals surface area contributed by atoms with E-state index in [4.69, 9.17) is 0 Å². The average molecular weight is 473 g/mol. The van der Waals surface area contributed by atoms with Crippen molar-refractivity contribution in [2.45, 2.75) is 19.6 Å². The molecule has 2 heterocycles. The highest BCUT2D eigenvalue weighted by molar-refractivity contribution is 8.00. The largest absolute Gasteiger partial charge is 0.308 e. The summed E-state index contributed by atoms with van der Waals surface area (Å²) >= 11 is 3.69. The quantitative estimate of drug-likeness (QED) is 0.247. The first-order valence-corrected chi connectivity index (χ1v) is 12.9. The topological polar surface area (TPSA) is 6.48 Å². The number of nitrogens with zero attached hydrogens (tertiary/aromatic N) is 2. The van der Waals surface area contributed by atoms with E-state index in [2.05, 4.69) is 131 Å². The van der Waals surface area contributed by atoms with Crippen LogP contribution in [0.15, 0.2) is 141 Å². The molecule has 2 aliphatic heterocycles. The first-order chi connectivity index (χ1) is 16.9. The lowest BCUT2D eigenvalue weighted by Gasteiger charge is -2.36.